The molecule has 3 aromatic rings. The predicted octanol–water partition coefficient (Wildman–Crippen LogP) is 5.35. The molecule has 0 radical (unpaired) electrons. The summed E-state index contributed by atoms with van der Waals surface area (Å²) in [6.07, 6.45) is 1.85. The highest BCUT2D eigenvalue weighted by Crippen LogP contribution is 2.33. The molecule has 0 spiro atoms. The molecule has 1 saturated heterocycles. The van der Waals surface area contributed by atoms with Gasteiger partial charge in [0.05, 0.1) is 15.9 Å². The van der Waals surface area contributed by atoms with Crippen molar-refractivity contribution in [1.29, 1.82) is 0 Å². The second-order valence-electron chi connectivity index (χ2n) is 7.50. The van der Waals surface area contributed by atoms with Crippen molar-refractivity contribution in [3.63, 3.8) is 0 Å². The molecule has 4 rings (SSSR count). The Morgan fingerprint density at radius 2 is 1.86 bits per heavy atom. The zero-order chi connectivity index (χ0) is 20.6. The lowest BCUT2D eigenvalue weighted by atomic mass is 10.2. The predicted molar refractivity (Wildman–Crippen MR) is 119 cm³/mol. The number of hydrogen-bond donors (Lipinski definition) is 0. The van der Waals surface area contributed by atoms with Gasteiger partial charge in [0.1, 0.15) is 0 Å². The molecule has 0 saturated carbocycles. The van der Waals surface area contributed by atoms with E-state index in [0.717, 1.165) is 34.1 Å². The smallest absolute Gasteiger partial charge is 0.243 e. The van der Waals surface area contributed by atoms with E-state index >= 15 is 0 Å². The summed E-state index contributed by atoms with van der Waals surface area (Å²) in [5.41, 5.74) is 2.71. The molecular formula is C21H24ClN3O2S2. The molecule has 1 aliphatic heterocycles. The van der Waals surface area contributed by atoms with Gasteiger partial charge in [-0.25, -0.2) is 13.4 Å². The molecule has 0 N–H and O–H groups in total. The molecule has 8 heteroatoms. The summed E-state index contributed by atoms with van der Waals surface area (Å²) in [6, 6.07) is 13.3. The minimum Gasteiger partial charge on any atom is -0.316 e. The number of thioether (sulfide) groups is 1. The van der Waals surface area contributed by atoms with Crippen LogP contribution in [0.3, 0.4) is 0 Å². The van der Waals surface area contributed by atoms with Crippen LogP contribution in [0.4, 0.5) is 0 Å². The van der Waals surface area contributed by atoms with Crippen molar-refractivity contribution in [2.45, 2.75) is 48.5 Å². The van der Waals surface area contributed by atoms with Gasteiger partial charge in [-0.05, 0) is 56.5 Å². The second-order valence-corrected chi connectivity index (χ2v) is 10.8. The van der Waals surface area contributed by atoms with Gasteiger partial charge >= 0.3 is 0 Å². The Labute approximate surface area is 181 Å². The largest absolute Gasteiger partial charge is 0.316 e. The first-order valence-electron chi connectivity index (χ1n) is 9.76. The van der Waals surface area contributed by atoms with Gasteiger partial charge in [0, 0.05) is 29.9 Å². The lowest BCUT2D eigenvalue weighted by molar-refractivity contribution is 0.477. The normalized spacial score (nSPS) is 15.6. The average Bonchev–Trinajstić information content (AvgIpc) is 3.35. The fraction of sp³-hybridized carbons (Fsp3) is 0.381. The van der Waals surface area contributed by atoms with Crippen molar-refractivity contribution in [2.24, 2.45) is 0 Å². The molecule has 0 aliphatic carbocycles. The average molecular weight is 450 g/mol. The van der Waals surface area contributed by atoms with E-state index in [0.29, 0.717) is 29.3 Å². The number of hydrogen-bond acceptors (Lipinski definition) is 4. The van der Waals surface area contributed by atoms with Crippen LogP contribution in [-0.4, -0.2) is 35.4 Å². The summed E-state index contributed by atoms with van der Waals surface area (Å²) >= 11 is 7.91. The van der Waals surface area contributed by atoms with Gasteiger partial charge in [-0.1, -0.05) is 41.6 Å². The Balaban J connectivity index is 1.70. The number of benzene rings is 2. The Kier molecular flexibility index (Phi) is 5.93. The standard InChI is InChI=1S/C21H24ClN3O2S2/c1-15(2)25-20-10-9-17(29(26,27)24-11-5-6-12-24)13-19(20)23-21(25)28-14-16-7-3-4-8-18(16)22/h3-4,7-10,13,15H,5-6,11-12,14H2,1-2H3. The zero-order valence-electron chi connectivity index (χ0n) is 16.5. The first-order valence-corrected chi connectivity index (χ1v) is 12.6. The zero-order valence-corrected chi connectivity index (χ0v) is 18.9. The Bertz CT molecular complexity index is 1140. The van der Waals surface area contributed by atoms with Gasteiger partial charge in [0.25, 0.3) is 0 Å². The van der Waals surface area contributed by atoms with Gasteiger partial charge < -0.3 is 4.57 Å². The van der Waals surface area contributed by atoms with Crippen LogP contribution in [-0.2, 0) is 15.8 Å². The van der Waals surface area contributed by atoms with Crippen molar-refractivity contribution in [2.75, 3.05) is 13.1 Å². The maximum atomic E-state index is 12.9. The fourth-order valence-corrected chi connectivity index (χ4v) is 6.62. The Morgan fingerprint density at radius 1 is 1.14 bits per heavy atom. The van der Waals surface area contributed by atoms with E-state index in [1.165, 1.54) is 0 Å². The number of imidazole rings is 1. The molecule has 2 aromatic carbocycles. The molecule has 1 aromatic heterocycles. The fourth-order valence-electron chi connectivity index (χ4n) is 3.65. The van der Waals surface area contributed by atoms with Crippen molar-refractivity contribution in [3.8, 4) is 0 Å². The van der Waals surface area contributed by atoms with Crippen molar-refractivity contribution in [3.05, 3.63) is 53.1 Å². The number of halogens is 1. The molecule has 0 atom stereocenters. The summed E-state index contributed by atoms with van der Waals surface area (Å²) in [5, 5.41) is 1.61. The third-order valence-electron chi connectivity index (χ3n) is 5.16. The SMILES string of the molecule is CC(C)n1c(SCc2ccccc2Cl)nc2cc(S(=O)(=O)N3CCCC3)ccc21. The summed E-state index contributed by atoms with van der Waals surface area (Å²) in [6.45, 7) is 5.41. The first kappa shape index (κ1) is 20.7. The van der Waals surface area contributed by atoms with E-state index in [2.05, 4.69) is 18.4 Å². The van der Waals surface area contributed by atoms with Gasteiger partial charge in [0.15, 0.2) is 5.16 Å². The summed E-state index contributed by atoms with van der Waals surface area (Å²) in [7, 11) is -3.46. The number of nitrogens with zero attached hydrogens (tertiary/aromatic N) is 3. The van der Waals surface area contributed by atoms with Crippen molar-refractivity contribution < 1.29 is 8.42 Å². The molecule has 2 heterocycles. The van der Waals surface area contributed by atoms with Crippen LogP contribution in [0, 0.1) is 0 Å². The maximum absolute atomic E-state index is 12.9. The molecule has 1 aliphatic rings. The van der Waals surface area contributed by atoms with Gasteiger partial charge in [0.2, 0.25) is 10.0 Å². The molecule has 5 nitrogen and oxygen atoms in total. The van der Waals surface area contributed by atoms with Crippen LogP contribution in [0.2, 0.25) is 5.02 Å². The second kappa shape index (κ2) is 8.30. The van der Waals surface area contributed by atoms with Crippen LogP contribution in [0.15, 0.2) is 52.5 Å². The van der Waals surface area contributed by atoms with Crippen LogP contribution >= 0.6 is 23.4 Å². The first-order chi connectivity index (χ1) is 13.9. The molecule has 0 unspecified atom stereocenters. The quantitative estimate of drug-likeness (QED) is 0.476. The number of rotatable bonds is 6. The Hall–Kier alpha value is -1.54. The number of aromatic nitrogens is 2. The van der Waals surface area contributed by atoms with Gasteiger partial charge in [-0.15, -0.1) is 0 Å². The highest BCUT2D eigenvalue weighted by Gasteiger charge is 2.28. The molecule has 0 bridgehead atoms. The molecule has 154 valence electrons. The van der Waals surface area contributed by atoms with Crippen LogP contribution in [0.1, 0.15) is 38.3 Å². The number of sulfonamides is 1. The van der Waals surface area contributed by atoms with E-state index < -0.39 is 10.0 Å². The minimum absolute atomic E-state index is 0.204. The van der Waals surface area contributed by atoms with E-state index in [9.17, 15) is 8.42 Å². The number of fused-ring (bicyclic) bond motifs is 1. The molecular weight excluding hydrogens is 426 g/mol. The lowest BCUT2D eigenvalue weighted by Gasteiger charge is -2.16. The van der Waals surface area contributed by atoms with E-state index in [4.69, 9.17) is 16.6 Å². The minimum atomic E-state index is -3.46. The highest BCUT2D eigenvalue weighted by atomic mass is 35.5. The van der Waals surface area contributed by atoms with Gasteiger partial charge in [-0.2, -0.15) is 4.31 Å². The van der Waals surface area contributed by atoms with Crippen LogP contribution in [0.5, 0.6) is 0 Å². The van der Waals surface area contributed by atoms with Crippen molar-refractivity contribution >= 4 is 44.4 Å². The van der Waals surface area contributed by atoms with Crippen LogP contribution in [0.25, 0.3) is 11.0 Å². The third kappa shape index (κ3) is 4.06. The highest BCUT2D eigenvalue weighted by molar-refractivity contribution is 7.98. The Morgan fingerprint density at radius 3 is 2.55 bits per heavy atom. The summed E-state index contributed by atoms with van der Waals surface area (Å²) in [5.74, 6) is 0.703. The molecule has 1 fully saturated rings. The van der Waals surface area contributed by atoms with E-state index in [1.54, 1.807) is 28.2 Å². The third-order valence-corrected chi connectivity index (χ3v) is 8.43. The maximum Gasteiger partial charge on any atom is 0.243 e. The van der Waals surface area contributed by atoms with Gasteiger partial charge in [-0.3, -0.25) is 0 Å². The van der Waals surface area contributed by atoms with E-state index in [-0.39, 0.29) is 6.04 Å². The summed E-state index contributed by atoms with van der Waals surface area (Å²) in [4.78, 5) is 5.10. The monoisotopic (exact) mass is 449 g/mol. The summed E-state index contributed by atoms with van der Waals surface area (Å²) < 4.78 is 29.6. The molecule has 29 heavy (non-hydrogen) atoms. The van der Waals surface area contributed by atoms with Crippen molar-refractivity contribution in [1.82, 2.24) is 13.9 Å². The lowest BCUT2D eigenvalue weighted by Crippen LogP contribution is -2.27. The topological polar surface area (TPSA) is 55.2 Å². The van der Waals surface area contributed by atoms with Crippen LogP contribution < -0.4 is 0 Å². The molecule has 0 amide bonds. The van der Waals surface area contributed by atoms with E-state index in [1.807, 2.05) is 30.3 Å².